The van der Waals surface area contributed by atoms with Crippen molar-refractivity contribution in [3.63, 3.8) is 0 Å². The first-order chi connectivity index (χ1) is 15.7. The molecule has 1 nitrogen and oxygen atoms in total. The Morgan fingerprint density at radius 1 is 0.562 bits per heavy atom. The minimum Gasteiger partial charge on any atom is -0.312 e. The first-order valence-corrected chi connectivity index (χ1v) is 13.3. The fraction of sp³-hybridized carbons (Fsp3) is 0.0345. The van der Waals surface area contributed by atoms with E-state index in [0.717, 1.165) is 32.2 Å². The summed E-state index contributed by atoms with van der Waals surface area (Å²) in [5, 5.41) is 1.78. The smallest absolute Gasteiger partial charge is 0.159 e. The Hall–Kier alpha value is -3.06. The average molecular weight is 451 g/mol. The molecule has 0 bridgehead atoms. The van der Waals surface area contributed by atoms with Crippen LogP contribution in [0.2, 0.25) is 0 Å². The van der Waals surface area contributed by atoms with E-state index >= 15 is 4.57 Å². The minimum absolute atomic E-state index is 0.206. The van der Waals surface area contributed by atoms with Crippen LogP contribution in [0.4, 0.5) is 0 Å². The molecule has 0 aromatic heterocycles. The topological polar surface area (TPSA) is 17.1 Å². The second kappa shape index (κ2) is 9.20. The van der Waals surface area contributed by atoms with Crippen molar-refractivity contribution in [3.8, 4) is 0 Å². The quantitative estimate of drug-likeness (QED) is 0.299. The second-order valence-corrected chi connectivity index (χ2v) is 12.1. The highest BCUT2D eigenvalue weighted by Gasteiger charge is 2.38. The van der Waals surface area contributed by atoms with Crippen LogP contribution in [0.5, 0.6) is 0 Å². The molecule has 0 fully saturated rings. The van der Waals surface area contributed by atoms with Crippen LogP contribution in [0.3, 0.4) is 0 Å². The van der Waals surface area contributed by atoms with E-state index in [1.54, 1.807) is 11.8 Å². The number of hydrogen-bond donors (Lipinski definition) is 0. The van der Waals surface area contributed by atoms with Crippen LogP contribution >= 0.6 is 18.9 Å². The summed E-state index contributed by atoms with van der Waals surface area (Å²) < 4.78 is 15.0. The van der Waals surface area contributed by atoms with Crippen LogP contribution in [0.1, 0.15) is 11.1 Å². The van der Waals surface area contributed by atoms with Crippen LogP contribution in [-0.4, -0.2) is 4.99 Å². The lowest BCUT2D eigenvalue weighted by atomic mass is 10.0. The van der Waals surface area contributed by atoms with E-state index in [9.17, 15) is 0 Å². The van der Waals surface area contributed by atoms with Gasteiger partial charge in [-0.1, -0.05) is 127 Å². The largest absolute Gasteiger partial charge is 0.312 e. The van der Waals surface area contributed by atoms with Crippen molar-refractivity contribution in [2.75, 3.05) is 0 Å². The molecule has 1 atom stereocenters. The van der Waals surface area contributed by atoms with Crippen LogP contribution in [0.25, 0.3) is 10.5 Å². The monoisotopic (exact) mass is 450 g/mol. The lowest BCUT2D eigenvalue weighted by molar-refractivity contribution is 0.587. The Kier molecular flexibility index (Phi) is 5.99. The Morgan fingerprint density at radius 2 is 1.00 bits per heavy atom. The van der Waals surface area contributed by atoms with Gasteiger partial charge in [0, 0.05) is 15.5 Å². The summed E-state index contributed by atoms with van der Waals surface area (Å²) in [6.07, 6.45) is 4.43. The fourth-order valence-corrected chi connectivity index (χ4v) is 9.12. The third-order valence-corrected chi connectivity index (χ3v) is 10.8. The molecule has 0 amide bonds. The van der Waals surface area contributed by atoms with Crippen molar-refractivity contribution in [3.05, 3.63) is 145 Å². The lowest BCUT2D eigenvalue weighted by Gasteiger charge is -2.30. The predicted octanol–water partition coefficient (Wildman–Crippen LogP) is 7.20. The van der Waals surface area contributed by atoms with E-state index < -0.39 is 7.14 Å². The van der Waals surface area contributed by atoms with E-state index in [2.05, 4.69) is 60.7 Å². The number of hydrogen-bond acceptors (Lipinski definition) is 2. The Balaban J connectivity index is 1.70. The van der Waals surface area contributed by atoms with E-state index in [1.165, 1.54) is 0 Å². The zero-order valence-corrected chi connectivity index (χ0v) is 19.3. The number of benzene rings is 4. The zero-order chi connectivity index (χ0) is 21.8. The molecule has 3 heteroatoms. The van der Waals surface area contributed by atoms with Gasteiger partial charge in [-0.05, 0) is 22.8 Å². The van der Waals surface area contributed by atoms with Gasteiger partial charge in [0.15, 0.2) is 7.14 Å². The van der Waals surface area contributed by atoms with Crippen molar-refractivity contribution in [2.24, 2.45) is 0 Å². The molecule has 0 spiro atoms. The van der Waals surface area contributed by atoms with Gasteiger partial charge >= 0.3 is 0 Å². The lowest BCUT2D eigenvalue weighted by Crippen LogP contribution is -2.24. The van der Waals surface area contributed by atoms with E-state index in [1.807, 2.05) is 72.8 Å². The van der Waals surface area contributed by atoms with Crippen molar-refractivity contribution in [2.45, 2.75) is 4.99 Å². The van der Waals surface area contributed by atoms with E-state index in [0.29, 0.717) is 0 Å². The maximum Gasteiger partial charge on any atom is 0.159 e. The zero-order valence-electron chi connectivity index (χ0n) is 17.5. The average Bonchev–Trinajstić information content (AvgIpc) is 2.90. The molecule has 1 aliphatic heterocycles. The molecule has 0 saturated heterocycles. The van der Waals surface area contributed by atoms with Crippen molar-refractivity contribution in [1.82, 2.24) is 0 Å². The van der Waals surface area contributed by atoms with E-state index in [-0.39, 0.29) is 4.99 Å². The molecule has 4 aromatic rings. The highest BCUT2D eigenvalue weighted by molar-refractivity contribution is 8.15. The second-order valence-electron chi connectivity index (χ2n) is 7.70. The highest BCUT2D eigenvalue weighted by atomic mass is 32.2. The summed E-state index contributed by atoms with van der Waals surface area (Å²) in [4.78, 5) is 0.937. The maximum absolute atomic E-state index is 15.0. The molecule has 0 radical (unpaired) electrons. The van der Waals surface area contributed by atoms with Crippen LogP contribution in [0.15, 0.2) is 133 Å². The molecule has 0 aliphatic carbocycles. The van der Waals surface area contributed by atoms with Gasteiger partial charge in [0.1, 0.15) is 0 Å². The highest BCUT2D eigenvalue weighted by Crippen LogP contribution is 2.59. The number of thioether (sulfide) groups is 1. The molecular formula is C29H23OPS. The normalized spacial score (nSPS) is 16.2. The first-order valence-electron chi connectivity index (χ1n) is 10.7. The third-order valence-electron chi connectivity index (χ3n) is 5.66. The van der Waals surface area contributed by atoms with Gasteiger partial charge in [0.05, 0.1) is 4.99 Å². The standard InChI is InChI=1S/C29H23OPS/c30-31(26-17-9-3-10-18-26,27-19-11-4-12-20-27)29-22-25(23-13-5-1-6-14-23)21-28(32-29)24-15-7-2-8-16-24/h1-22,29H/t29-/m1/s1. The molecule has 1 heterocycles. The molecule has 0 saturated carbocycles. The molecule has 4 aromatic carbocycles. The van der Waals surface area contributed by atoms with Crippen LogP contribution < -0.4 is 10.6 Å². The number of allylic oxidation sites excluding steroid dienone is 2. The summed E-state index contributed by atoms with van der Waals surface area (Å²) in [6.45, 7) is 0. The van der Waals surface area contributed by atoms with Gasteiger partial charge in [0.25, 0.3) is 0 Å². The Bertz CT molecular complexity index is 1250. The van der Waals surface area contributed by atoms with Gasteiger partial charge in [-0.25, -0.2) is 0 Å². The molecule has 156 valence electrons. The molecule has 0 unspecified atom stereocenters. The predicted molar refractivity (Wildman–Crippen MR) is 140 cm³/mol. The number of rotatable bonds is 5. The third kappa shape index (κ3) is 4.05. The summed E-state index contributed by atoms with van der Waals surface area (Å²) in [5.74, 6) is 0. The Labute approximate surface area is 193 Å². The van der Waals surface area contributed by atoms with Gasteiger partial charge < -0.3 is 4.57 Å². The SMILES string of the molecule is O=P(c1ccccc1)(c1ccccc1)[C@H]1C=C(c2ccccc2)C=C(c2ccccc2)S1. The van der Waals surface area contributed by atoms with Crippen LogP contribution in [-0.2, 0) is 4.57 Å². The summed E-state index contributed by atoms with van der Waals surface area (Å²) in [7, 11) is -2.97. The summed E-state index contributed by atoms with van der Waals surface area (Å²) >= 11 is 1.70. The maximum atomic E-state index is 15.0. The summed E-state index contributed by atoms with van der Waals surface area (Å²) in [6, 6.07) is 40.7. The summed E-state index contributed by atoms with van der Waals surface area (Å²) in [5.41, 5.74) is 3.40. The van der Waals surface area contributed by atoms with Gasteiger partial charge in [0.2, 0.25) is 0 Å². The van der Waals surface area contributed by atoms with Crippen molar-refractivity contribution >= 4 is 40.0 Å². The molecule has 32 heavy (non-hydrogen) atoms. The Morgan fingerprint density at radius 3 is 1.50 bits per heavy atom. The van der Waals surface area contributed by atoms with Crippen molar-refractivity contribution in [1.29, 1.82) is 0 Å². The van der Waals surface area contributed by atoms with E-state index in [4.69, 9.17) is 0 Å². The molecule has 0 N–H and O–H groups in total. The van der Waals surface area contributed by atoms with Gasteiger partial charge in [-0.3, -0.25) is 0 Å². The van der Waals surface area contributed by atoms with Gasteiger partial charge in [-0.2, -0.15) is 0 Å². The van der Waals surface area contributed by atoms with Gasteiger partial charge in [-0.15, -0.1) is 11.8 Å². The molecular weight excluding hydrogens is 427 g/mol. The fourth-order valence-electron chi connectivity index (χ4n) is 4.03. The molecule has 5 rings (SSSR count). The minimum atomic E-state index is -2.97. The van der Waals surface area contributed by atoms with Crippen molar-refractivity contribution < 1.29 is 4.57 Å². The molecule has 1 aliphatic rings. The first kappa shape index (κ1) is 20.8. The van der Waals surface area contributed by atoms with Crippen LogP contribution in [0, 0.1) is 0 Å².